The van der Waals surface area contributed by atoms with E-state index in [-0.39, 0.29) is 38.4 Å². The summed E-state index contributed by atoms with van der Waals surface area (Å²) in [5.74, 6) is -0.436. The van der Waals surface area contributed by atoms with Crippen LogP contribution >= 0.6 is 0 Å². The Kier molecular flexibility index (Phi) is 8.73. The molecule has 5 heteroatoms. The van der Waals surface area contributed by atoms with Gasteiger partial charge in [-0.2, -0.15) is 0 Å². The Morgan fingerprint density at radius 2 is 1.67 bits per heavy atom. The second-order valence-electron chi connectivity index (χ2n) is 4.60. The third-order valence-corrected chi connectivity index (χ3v) is 2.94. The number of allylic oxidation sites excluding steroid dienone is 2. The fourth-order valence-corrected chi connectivity index (χ4v) is 1.43. The molecule has 0 aliphatic rings. The lowest BCUT2D eigenvalue weighted by molar-refractivity contribution is -0.144. The second kappa shape index (κ2) is 9.72. The van der Waals surface area contributed by atoms with E-state index in [1.54, 1.807) is 0 Å². The SMILES string of the molecule is C=CC(=C)OCC(CO)(CCC(=O)C=C)COC(=O)C=C. The Hall–Kier alpha value is -2.14. The highest BCUT2D eigenvalue weighted by Crippen LogP contribution is 2.26. The zero-order valence-corrected chi connectivity index (χ0v) is 12.2. The fourth-order valence-electron chi connectivity index (χ4n) is 1.43. The van der Waals surface area contributed by atoms with E-state index in [4.69, 9.17) is 9.47 Å². The van der Waals surface area contributed by atoms with Gasteiger partial charge in [-0.15, -0.1) is 0 Å². The van der Waals surface area contributed by atoms with Gasteiger partial charge in [-0.25, -0.2) is 4.79 Å². The van der Waals surface area contributed by atoms with E-state index in [2.05, 4.69) is 26.3 Å². The highest BCUT2D eigenvalue weighted by atomic mass is 16.5. The summed E-state index contributed by atoms with van der Waals surface area (Å²) in [6.45, 7) is 13.4. The molecule has 0 aliphatic carbocycles. The molecular weight excluding hydrogens is 272 g/mol. The van der Waals surface area contributed by atoms with Crippen LogP contribution in [0.25, 0.3) is 0 Å². The van der Waals surface area contributed by atoms with Crippen molar-refractivity contribution in [1.29, 1.82) is 0 Å². The molecule has 21 heavy (non-hydrogen) atoms. The lowest BCUT2D eigenvalue weighted by Gasteiger charge is -2.30. The first-order chi connectivity index (χ1) is 9.92. The molecular formula is C16H22O5. The summed E-state index contributed by atoms with van der Waals surface area (Å²) in [7, 11) is 0. The average Bonchev–Trinajstić information content (AvgIpc) is 2.53. The van der Waals surface area contributed by atoms with Gasteiger partial charge in [-0.05, 0) is 18.6 Å². The second-order valence-corrected chi connectivity index (χ2v) is 4.60. The van der Waals surface area contributed by atoms with Crippen molar-refractivity contribution in [2.45, 2.75) is 12.8 Å². The molecule has 1 unspecified atom stereocenters. The van der Waals surface area contributed by atoms with Crippen molar-refractivity contribution < 1.29 is 24.2 Å². The standard InChI is InChI=1S/C16H22O5/c1-5-13(4)20-11-16(10-17,9-8-14(18)6-2)12-21-15(19)7-3/h5-7,17H,1-4,8-12H2. The molecule has 0 rings (SSSR count). The molecule has 0 bridgehead atoms. The summed E-state index contributed by atoms with van der Waals surface area (Å²) in [4.78, 5) is 22.5. The maximum absolute atomic E-state index is 11.4. The Labute approximate surface area is 125 Å². The van der Waals surface area contributed by atoms with Gasteiger partial charge in [0.2, 0.25) is 0 Å². The Morgan fingerprint density at radius 3 is 2.14 bits per heavy atom. The molecule has 116 valence electrons. The fraction of sp³-hybridized carbons (Fsp3) is 0.375. The normalized spacial score (nSPS) is 12.6. The lowest BCUT2D eigenvalue weighted by Crippen LogP contribution is -2.37. The average molecular weight is 294 g/mol. The van der Waals surface area contributed by atoms with Crippen LogP contribution in [0.3, 0.4) is 0 Å². The molecule has 1 N–H and O–H groups in total. The lowest BCUT2D eigenvalue weighted by atomic mass is 9.85. The maximum atomic E-state index is 11.4. The van der Waals surface area contributed by atoms with Gasteiger partial charge in [0.1, 0.15) is 12.4 Å². The molecule has 0 aliphatic heterocycles. The minimum Gasteiger partial charge on any atom is -0.493 e. The maximum Gasteiger partial charge on any atom is 0.330 e. The molecule has 0 fully saturated rings. The monoisotopic (exact) mass is 294 g/mol. The van der Waals surface area contributed by atoms with E-state index in [1.807, 2.05) is 0 Å². The van der Waals surface area contributed by atoms with E-state index in [9.17, 15) is 14.7 Å². The number of esters is 1. The number of ether oxygens (including phenoxy) is 2. The molecule has 0 radical (unpaired) electrons. The van der Waals surface area contributed by atoms with Gasteiger partial charge >= 0.3 is 5.97 Å². The Balaban J connectivity index is 4.87. The highest BCUT2D eigenvalue weighted by Gasteiger charge is 2.33. The number of aliphatic hydroxyl groups excluding tert-OH is 1. The molecule has 0 aromatic heterocycles. The van der Waals surface area contributed by atoms with Crippen LogP contribution in [-0.2, 0) is 19.1 Å². The van der Waals surface area contributed by atoms with Gasteiger partial charge in [0.05, 0.1) is 18.6 Å². The largest absolute Gasteiger partial charge is 0.493 e. The topological polar surface area (TPSA) is 72.8 Å². The van der Waals surface area contributed by atoms with E-state index in [1.165, 1.54) is 12.2 Å². The first-order valence-corrected chi connectivity index (χ1v) is 6.42. The molecule has 1 atom stereocenters. The van der Waals surface area contributed by atoms with Gasteiger partial charge < -0.3 is 14.6 Å². The molecule has 0 saturated heterocycles. The molecule has 0 amide bonds. The van der Waals surface area contributed by atoms with Gasteiger partial charge in [0.15, 0.2) is 5.78 Å². The van der Waals surface area contributed by atoms with Crippen LogP contribution in [0.15, 0.2) is 50.3 Å². The highest BCUT2D eigenvalue weighted by molar-refractivity contribution is 5.89. The number of hydrogen-bond acceptors (Lipinski definition) is 5. The number of rotatable bonds is 12. The van der Waals surface area contributed by atoms with E-state index in [0.717, 1.165) is 6.08 Å². The molecule has 0 spiro atoms. The predicted molar refractivity (Wildman–Crippen MR) is 80.4 cm³/mol. The van der Waals surface area contributed by atoms with Crippen LogP contribution in [0.1, 0.15) is 12.8 Å². The number of carbonyl (C=O) groups is 2. The predicted octanol–water partition coefficient (Wildman–Crippen LogP) is 1.95. The molecule has 0 aromatic rings. The summed E-state index contributed by atoms with van der Waals surface area (Å²) in [6.07, 6.45) is 4.11. The van der Waals surface area contributed by atoms with Crippen LogP contribution in [0.2, 0.25) is 0 Å². The van der Waals surface area contributed by atoms with Crippen molar-refractivity contribution in [3.8, 4) is 0 Å². The van der Waals surface area contributed by atoms with Crippen LogP contribution in [0.4, 0.5) is 0 Å². The zero-order chi connectivity index (χ0) is 16.3. The van der Waals surface area contributed by atoms with Crippen LogP contribution in [-0.4, -0.2) is 36.7 Å². The Bertz CT molecular complexity index is 363. The van der Waals surface area contributed by atoms with Crippen LogP contribution < -0.4 is 0 Å². The van der Waals surface area contributed by atoms with Crippen molar-refractivity contribution >= 4 is 11.8 Å². The smallest absolute Gasteiger partial charge is 0.330 e. The van der Waals surface area contributed by atoms with E-state index < -0.39 is 11.4 Å². The molecule has 5 nitrogen and oxygen atoms in total. The van der Waals surface area contributed by atoms with E-state index in [0.29, 0.717) is 5.76 Å². The van der Waals surface area contributed by atoms with E-state index >= 15 is 0 Å². The first kappa shape index (κ1) is 18.9. The number of carbonyl (C=O) groups excluding carboxylic acids is 2. The molecule has 0 heterocycles. The molecule has 0 aromatic carbocycles. The van der Waals surface area contributed by atoms with Crippen molar-refractivity contribution in [1.82, 2.24) is 0 Å². The van der Waals surface area contributed by atoms with Crippen molar-refractivity contribution in [2.75, 3.05) is 19.8 Å². The van der Waals surface area contributed by atoms with Gasteiger partial charge in [-0.1, -0.05) is 26.3 Å². The van der Waals surface area contributed by atoms with Gasteiger partial charge in [0, 0.05) is 12.5 Å². The minimum atomic E-state index is -0.900. The summed E-state index contributed by atoms with van der Waals surface area (Å²) >= 11 is 0. The van der Waals surface area contributed by atoms with Crippen molar-refractivity contribution in [3.63, 3.8) is 0 Å². The summed E-state index contributed by atoms with van der Waals surface area (Å²) in [5, 5.41) is 9.64. The molecule has 0 saturated carbocycles. The summed E-state index contributed by atoms with van der Waals surface area (Å²) < 4.78 is 10.3. The van der Waals surface area contributed by atoms with Gasteiger partial charge in [-0.3, -0.25) is 4.79 Å². The Morgan fingerprint density at radius 1 is 1.05 bits per heavy atom. The van der Waals surface area contributed by atoms with Crippen molar-refractivity contribution in [3.05, 3.63) is 50.3 Å². The zero-order valence-electron chi connectivity index (χ0n) is 12.2. The van der Waals surface area contributed by atoms with Gasteiger partial charge in [0.25, 0.3) is 0 Å². The minimum absolute atomic E-state index is 0.0448. The quantitative estimate of drug-likeness (QED) is 0.258. The number of aliphatic hydroxyl groups is 1. The third-order valence-electron chi connectivity index (χ3n) is 2.94. The summed E-state index contributed by atoms with van der Waals surface area (Å²) in [6, 6.07) is 0. The number of ketones is 1. The summed E-state index contributed by atoms with van der Waals surface area (Å²) in [5.41, 5.74) is -0.900. The number of hydrogen-bond donors (Lipinski definition) is 1. The first-order valence-electron chi connectivity index (χ1n) is 6.42. The van der Waals surface area contributed by atoms with Crippen molar-refractivity contribution in [2.24, 2.45) is 5.41 Å². The van der Waals surface area contributed by atoms with Crippen LogP contribution in [0, 0.1) is 5.41 Å². The third kappa shape index (κ3) is 7.27. The van der Waals surface area contributed by atoms with Crippen LogP contribution in [0.5, 0.6) is 0 Å².